The largest absolute Gasteiger partial charge is 0.465 e. The Hall–Kier alpha value is -2.37. The molecule has 2 rings (SSSR count). The lowest BCUT2D eigenvalue weighted by molar-refractivity contribution is -0.164. The van der Waals surface area contributed by atoms with Crippen LogP contribution in [0.15, 0.2) is 18.2 Å². The number of likely N-dealkylation sites (N-methyl/N-ethyl adjacent to an activating group) is 1. The molecule has 0 radical (unpaired) electrons. The average molecular weight is 319 g/mol. The minimum atomic E-state index is -1.28. The van der Waals surface area contributed by atoms with E-state index in [9.17, 15) is 14.4 Å². The number of esters is 2. The predicted octanol–water partition coefficient (Wildman–Crippen LogP) is 1.80. The first-order chi connectivity index (χ1) is 10.9. The van der Waals surface area contributed by atoms with Crippen LogP contribution in [0.4, 0.5) is 5.69 Å². The summed E-state index contributed by atoms with van der Waals surface area (Å²) in [5.74, 6) is -3.96. The quantitative estimate of drug-likeness (QED) is 0.611. The van der Waals surface area contributed by atoms with Gasteiger partial charge in [-0.05, 0) is 38.0 Å². The van der Waals surface area contributed by atoms with Crippen molar-refractivity contribution in [2.24, 2.45) is 5.92 Å². The second-order valence-electron chi connectivity index (χ2n) is 5.42. The molecule has 1 aromatic carbocycles. The van der Waals surface area contributed by atoms with E-state index in [1.165, 1.54) is 4.90 Å². The monoisotopic (exact) mass is 319 g/mol. The number of aryl methyl sites for hydroxylation is 1. The van der Waals surface area contributed by atoms with E-state index < -0.39 is 23.8 Å². The molecule has 0 saturated carbocycles. The maximum Gasteiger partial charge on any atom is 0.321 e. The van der Waals surface area contributed by atoms with Crippen LogP contribution < -0.4 is 4.90 Å². The Bertz CT molecular complexity index is 622. The van der Waals surface area contributed by atoms with Gasteiger partial charge in [0.25, 0.3) is 0 Å². The Kier molecular flexibility index (Phi) is 5.03. The fourth-order valence-corrected chi connectivity index (χ4v) is 2.82. The van der Waals surface area contributed by atoms with E-state index in [2.05, 4.69) is 0 Å². The van der Waals surface area contributed by atoms with Crippen LogP contribution in [-0.2, 0) is 23.9 Å². The molecule has 0 aromatic heterocycles. The highest BCUT2D eigenvalue weighted by Gasteiger charge is 2.48. The van der Waals surface area contributed by atoms with Gasteiger partial charge in [-0.1, -0.05) is 12.1 Å². The van der Waals surface area contributed by atoms with Gasteiger partial charge in [-0.25, -0.2) is 0 Å². The SMILES string of the molecule is CCOC(=O)C(C(=O)OCC)C1C(=O)N(C)c2cc(C)ccc21. The van der Waals surface area contributed by atoms with Crippen LogP contribution in [0, 0.1) is 12.8 Å². The minimum absolute atomic E-state index is 0.131. The van der Waals surface area contributed by atoms with Gasteiger partial charge in [0.2, 0.25) is 5.91 Å². The van der Waals surface area contributed by atoms with Crippen molar-refractivity contribution >= 4 is 23.5 Å². The molecule has 1 atom stereocenters. The summed E-state index contributed by atoms with van der Waals surface area (Å²) >= 11 is 0. The van der Waals surface area contributed by atoms with Gasteiger partial charge in [-0.2, -0.15) is 0 Å². The molecule has 0 aliphatic carbocycles. The van der Waals surface area contributed by atoms with E-state index in [0.29, 0.717) is 11.3 Å². The number of carbonyl (C=O) groups is 3. The third-order valence-electron chi connectivity index (χ3n) is 3.89. The third kappa shape index (κ3) is 3.06. The summed E-state index contributed by atoms with van der Waals surface area (Å²) in [5, 5.41) is 0. The van der Waals surface area contributed by atoms with Crippen molar-refractivity contribution < 1.29 is 23.9 Å². The van der Waals surface area contributed by atoms with E-state index >= 15 is 0 Å². The topological polar surface area (TPSA) is 72.9 Å². The molecular formula is C17H21NO5. The first-order valence-corrected chi connectivity index (χ1v) is 7.63. The minimum Gasteiger partial charge on any atom is -0.465 e. The molecule has 6 heteroatoms. The Morgan fingerprint density at radius 1 is 1.17 bits per heavy atom. The first kappa shape index (κ1) is 17.0. The summed E-state index contributed by atoms with van der Waals surface area (Å²) in [7, 11) is 1.63. The highest BCUT2D eigenvalue weighted by molar-refractivity contribution is 6.11. The van der Waals surface area contributed by atoms with Crippen molar-refractivity contribution in [2.75, 3.05) is 25.2 Å². The van der Waals surface area contributed by atoms with Crippen molar-refractivity contribution in [1.29, 1.82) is 0 Å². The molecule has 1 unspecified atom stereocenters. The average Bonchev–Trinajstić information content (AvgIpc) is 2.73. The Morgan fingerprint density at radius 3 is 2.26 bits per heavy atom. The van der Waals surface area contributed by atoms with Gasteiger partial charge in [0.05, 0.1) is 19.1 Å². The van der Waals surface area contributed by atoms with Gasteiger partial charge < -0.3 is 14.4 Å². The lowest BCUT2D eigenvalue weighted by Gasteiger charge is -2.19. The summed E-state index contributed by atoms with van der Waals surface area (Å²) < 4.78 is 9.99. The normalized spacial score (nSPS) is 16.5. The number of amides is 1. The van der Waals surface area contributed by atoms with Gasteiger partial charge >= 0.3 is 11.9 Å². The van der Waals surface area contributed by atoms with Crippen LogP contribution in [0.5, 0.6) is 0 Å². The van der Waals surface area contributed by atoms with Gasteiger partial charge in [0.1, 0.15) is 0 Å². The smallest absolute Gasteiger partial charge is 0.321 e. The van der Waals surface area contributed by atoms with Crippen LogP contribution in [0.25, 0.3) is 0 Å². The number of nitrogens with zero attached hydrogens (tertiary/aromatic N) is 1. The van der Waals surface area contributed by atoms with Crippen LogP contribution in [-0.4, -0.2) is 38.1 Å². The van der Waals surface area contributed by atoms with Crippen LogP contribution >= 0.6 is 0 Å². The molecule has 0 bridgehead atoms. The van der Waals surface area contributed by atoms with Crippen molar-refractivity contribution in [2.45, 2.75) is 26.7 Å². The van der Waals surface area contributed by atoms with Crippen molar-refractivity contribution in [3.05, 3.63) is 29.3 Å². The van der Waals surface area contributed by atoms with Gasteiger partial charge in [0.15, 0.2) is 5.92 Å². The third-order valence-corrected chi connectivity index (χ3v) is 3.89. The summed E-state index contributed by atoms with van der Waals surface area (Å²) in [6, 6.07) is 5.49. The second-order valence-corrected chi connectivity index (χ2v) is 5.42. The van der Waals surface area contributed by atoms with E-state index in [1.54, 1.807) is 27.0 Å². The molecule has 1 aromatic rings. The zero-order valence-electron chi connectivity index (χ0n) is 13.8. The Balaban J connectivity index is 2.48. The maximum absolute atomic E-state index is 12.6. The van der Waals surface area contributed by atoms with Crippen LogP contribution in [0.2, 0.25) is 0 Å². The van der Waals surface area contributed by atoms with Crippen LogP contribution in [0.1, 0.15) is 30.9 Å². The van der Waals surface area contributed by atoms with Crippen LogP contribution in [0.3, 0.4) is 0 Å². The number of hydrogen-bond donors (Lipinski definition) is 0. The van der Waals surface area contributed by atoms with E-state index in [-0.39, 0.29) is 19.1 Å². The molecule has 1 aliphatic heterocycles. The molecule has 0 fully saturated rings. The zero-order valence-corrected chi connectivity index (χ0v) is 13.8. The van der Waals surface area contributed by atoms with Gasteiger partial charge in [0, 0.05) is 12.7 Å². The summed E-state index contributed by atoms with van der Waals surface area (Å²) in [5.41, 5.74) is 2.35. The zero-order chi connectivity index (χ0) is 17.1. The molecule has 0 N–H and O–H groups in total. The predicted molar refractivity (Wildman–Crippen MR) is 84.1 cm³/mol. The standard InChI is InChI=1S/C17H21NO5/c1-5-22-16(20)14(17(21)23-6-2)13-11-8-7-10(3)9-12(11)18(4)15(13)19/h7-9,13-14H,5-6H2,1-4H3. The fourth-order valence-electron chi connectivity index (χ4n) is 2.82. The number of ether oxygens (including phenoxy) is 2. The maximum atomic E-state index is 12.6. The molecule has 124 valence electrons. The van der Waals surface area contributed by atoms with Crippen molar-refractivity contribution in [3.63, 3.8) is 0 Å². The second kappa shape index (κ2) is 6.81. The number of hydrogen-bond acceptors (Lipinski definition) is 5. The molecular weight excluding hydrogens is 298 g/mol. The van der Waals surface area contributed by atoms with E-state index in [1.807, 2.05) is 19.1 Å². The Labute approximate surface area is 135 Å². The van der Waals surface area contributed by atoms with E-state index in [4.69, 9.17) is 9.47 Å². The Morgan fingerprint density at radius 2 is 1.74 bits per heavy atom. The first-order valence-electron chi connectivity index (χ1n) is 7.63. The molecule has 1 heterocycles. The van der Waals surface area contributed by atoms with Gasteiger partial charge in [-0.15, -0.1) is 0 Å². The highest BCUT2D eigenvalue weighted by atomic mass is 16.6. The number of benzene rings is 1. The summed E-state index contributed by atoms with van der Waals surface area (Å²) in [6.45, 7) is 5.48. The fraction of sp³-hybridized carbons (Fsp3) is 0.471. The number of carbonyl (C=O) groups excluding carboxylic acids is 3. The molecule has 1 amide bonds. The summed E-state index contributed by atoms with van der Waals surface area (Å²) in [6.07, 6.45) is 0. The van der Waals surface area contributed by atoms with E-state index in [0.717, 1.165) is 5.56 Å². The molecule has 23 heavy (non-hydrogen) atoms. The lowest BCUT2D eigenvalue weighted by Crippen LogP contribution is -2.38. The number of rotatable bonds is 5. The molecule has 1 aliphatic rings. The highest BCUT2D eigenvalue weighted by Crippen LogP contribution is 2.42. The lowest BCUT2D eigenvalue weighted by atomic mass is 9.86. The number of fused-ring (bicyclic) bond motifs is 1. The number of anilines is 1. The van der Waals surface area contributed by atoms with Crippen molar-refractivity contribution in [1.82, 2.24) is 0 Å². The summed E-state index contributed by atoms with van der Waals surface area (Å²) in [4.78, 5) is 38.7. The van der Waals surface area contributed by atoms with Gasteiger partial charge in [-0.3, -0.25) is 14.4 Å². The molecule has 0 saturated heterocycles. The van der Waals surface area contributed by atoms with Crippen molar-refractivity contribution in [3.8, 4) is 0 Å². The molecule has 0 spiro atoms. The molecule has 6 nitrogen and oxygen atoms in total.